The highest BCUT2D eigenvalue weighted by Gasteiger charge is 2.25. The zero-order valence-electron chi connectivity index (χ0n) is 12.0. The van der Waals surface area contributed by atoms with Crippen LogP contribution in [0.5, 0.6) is 0 Å². The molecule has 5 heteroatoms. The number of alkyl carbamates (subject to hydrolysis) is 1. The number of aryl methyl sites for hydroxylation is 1. The molecule has 1 aromatic carbocycles. The van der Waals surface area contributed by atoms with Crippen molar-refractivity contribution in [3.8, 4) is 0 Å². The van der Waals surface area contributed by atoms with Crippen LogP contribution in [-0.4, -0.2) is 30.2 Å². The highest BCUT2D eigenvalue weighted by Crippen LogP contribution is 2.29. The summed E-state index contributed by atoms with van der Waals surface area (Å²) in [4.78, 5) is 25.3. The second-order valence-corrected chi connectivity index (χ2v) is 5.64. The van der Waals surface area contributed by atoms with Crippen molar-refractivity contribution in [3.63, 3.8) is 0 Å². The van der Waals surface area contributed by atoms with E-state index in [1.165, 1.54) is 5.56 Å². The van der Waals surface area contributed by atoms with Gasteiger partial charge in [0.2, 0.25) is 0 Å². The van der Waals surface area contributed by atoms with Gasteiger partial charge < -0.3 is 15.0 Å². The van der Waals surface area contributed by atoms with Crippen molar-refractivity contribution in [1.29, 1.82) is 0 Å². The van der Waals surface area contributed by atoms with Gasteiger partial charge in [-0.15, -0.1) is 0 Å². The van der Waals surface area contributed by atoms with Crippen molar-refractivity contribution < 1.29 is 14.3 Å². The predicted molar refractivity (Wildman–Crippen MR) is 77.9 cm³/mol. The third kappa shape index (κ3) is 3.17. The van der Waals surface area contributed by atoms with E-state index in [9.17, 15) is 9.59 Å². The van der Waals surface area contributed by atoms with Crippen LogP contribution in [0.4, 0.5) is 9.59 Å². The first-order chi connectivity index (χ1) is 10.2. The van der Waals surface area contributed by atoms with Crippen LogP contribution in [0, 0.1) is 0 Å². The highest BCUT2D eigenvalue weighted by molar-refractivity contribution is 5.83. The smallest absolute Gasteiger partial charge is 0.359 e. The minimum atomic E-state index is -0.645. The Labute approximate surface area is 124 Å². The number of nitrogens with one attached hydrogen (secondary N) is 1. The SMILES string of the molecule is O=C(N[C@@H]1CCCc2ccccc21)OC(=O)N1CCCC1. The third-order valence-electron chi connectivity index (χ3n) is 4.21. The minimum absolute atomic E-state index is 0.0613. The van der Waals surface area contributed by atoms with Crippen molar-refractivity contribution in [2.75, 3.05) is 13.1 Å². The lowest BCUT2D eigenvalue weighted by molar-refractivity contribution is 0.122. The number of carbonyl (C=O) groups is 2. The molecular formula is C16H20N2O3. The van der Waals surface area contributed by atoms with Crippen LogP contribution in [0.3, 0.4) is 0 Å². The summed E-state index contributed by atoms with van der Waals surface area (Å²) in [5.41, 5.74) is 2.40. The second-order valence-electron chi connectivity index (χ2n) is 5.64. The van der Waals surface area contributed by atoms with Gasteiger partial charge in [0.05, 0.1) is 6.04 Å². The number of hydrogen-bond donors (Lipinski definition) is 1. The first kappa shape index (κ1) is 13.9. The number of likely N-dealkylation sites (tertiary alicyclic amines) is 1. The molecule has 112 valence electrons. The summed E-state index contributed by atoms with van der Waals surface area (Å²) in [6.07, 6.45) is 3.73. The first-order valence-corrected chi connectivity index (χ1v) is 7.59. The molecule has 2 aliphatic rings. The topological polar surface area (TPSA) is 58.6 Å². The summed E-state index contributed by atoms with van der Waals surface area (Å²) in [6, 6.07) is 8.04. The minimum Gasteiger partial charge on any atom is -0.359 e. The van der Waals surface area contributed by atoms with E-state index >= 15 is 0 Å². The molecule has 0 radical (unpaired) electrons. The molecule has 1 aromatic rings. The Morgan fingerprint density at radius 1 is 1.14 bits per heavy atom. The van der Waals surface area contributed by atoms with Gasteiger partial charge in [0.1, 0.15) is 0 Å². The van der Waals surface area contributed by atoms with E-state index in [-0.39, 0.29) is 6.04 Å². The van der Waals surface area contributed by atoms with Crippen molar-refractivity contribution in [2.45, 2.75) is 38.1 Å². The van der Waals surface area contributed by atoms with Gasteiger partial charge in [0, 0.05) is 13.1 Å². The molecule has 3 rings (SSSR count). The molecule has 1 fully saturated rings. The van der Waals surface area contributed by atoms with Crippen LogP contribution in [-0.2, 0) is 11.2 Å². The number of amides is 2. The average molecular weight is 288 g/mol. The molecule has 21 heavy (non-hydrogen) atoms. The number of fused-ring (bicyclic) bond motifs is 1. The fourth-order valence-electron chi connectivity index (χ4n) is 3.12. The zero-order chi connectivity index (χ0) is 14.7. The molecule has 0 spiro atoms. The zero-order valence-corrected chi connectivity index (χ0v) is 12.0. The van der Waals surface area contributed by atoms with Crippen molar-refractivity contribution in [2.24, 2.45) is 0 Å². The standard InChI is InChI=1S/C16H20N2O3/c19-15(21-16(20)18-10-3-4-11-18)17-14-9-5-7-12-6-1-2-8-13(12)14/h1-2,6,8,14H,3-5,7,9-11H2,(H,17,19)/t14-/m1/s1. The Morgan fingerprint density at radius 3 is 2.71 bits per heavy atom. The second kappa shape index (κ2) is 6.16. The Balaban J connectivity index is 1.59. The Kier molecular flexibility index (Phi) is 4.08. The van der Waals surface area contributed by atoms with Gasteiger partial charge in [0.25, 0.3) is 0 Å². The van der Waals surface area contributed by atoms with E-state index < -0.39 is 12.2 Å². The van der Waals surface area contributed by atoms with E-state index in [4.69, 9.17) is 4.74 Å². The van der Waals surface area contributed by atoms with Gasteiger partial charge in [-0.3, -0.25) is 0 Å². The molecular weight excluding hydrogens is 268 g/mol. The molecule has 1 aliphatic carbocycles. The quantitative estimate of drug-likeness (QED) is 0.808. The predicted octanol–water partition coefficient (Wildman–Crippen LogP) is 3.01. The highest BCUT2D eigenvalue weighted by atomic mass is 16.6. The van der Waals surface area contributed by atoms with Crippen LogP contribution in [0.25, 0.3) is 0 Å². The molecule has 0 aromatic heterocycles. The number of benzene rings is 1. The molecule has 0 saturated carbocycles. The summed E-state index contributed by atoms with van der Waals surface area (Å²) in [5.74, 6) is 0. The monoisotopic (exact) mass is 288 g/mol. The van der Waals surface area contributed by atoms with Crippen LogP contribution in [0.2, 0.25) is 0 Å². The van der Waals surface area contributed by atoms with E-state index in [1.807, 2.05) is 18.2 Å². The Bertz CT molecular complexity index is 538. The van der Waals surface area contributed by atoms with E-state index in [1.54, 1.807) is 4.90 Å². The van der Waals surface area contributed by atoms with E-state index in [0.29, 0.717) is 13.1 Å². The van der Waals surface area contributed by atoms with Gasteiger partial charge in [-0.2, -0.15) is 0 Å². The molecule has 2 amide bonds. The summed E-state index contributed by atoms with van der Waals surface area (Å²) in [6.45, 7) is 1.36. The molecule has 1 saturated heterocycles. The fourth-order valence-corrected chi connectivity index (χ4v) is 3.12. The van der Waals surface area contributed by atoms with Crippen LogP contribution >= 0.6 is 0 Å². The summed E-state index contributed by atoms with van der Waals surface area (Å²) < 4.78 is 4.89. The van der Waals surface area contributed by atoms with Crippen molar-refractivity contribution in [1.82, 2.24) is 10.2 Å². The number of carbonyl (C=O) groups excluding carboxylic acids is 2. The lowest BCUT2D eigenvalue weighted by atomic mass is 9.88. The lowest BCUT2D eigenvalue weighted by Crippen LogP contribution is -2.37. The fraction of sp³-hybridized carbons (Fsp3) is 0.500. The maximum Gasteiger partial charge on any atom is 0.418 e. The maximum absolute atomic E-state index is 11.9. The van der Waals surface area contributed by atoms with Gasteiger partial charge in [0.15, 0.2) is 0 Å². The molecule has 1 aliphatic heterocycles. The number of hydrogen-bond acceptors (Lipinski definition) is 3. The summed E-state index contributed by atoms with van der Waals surface area (Å²) in [7, 11) is 0. The average Bonchev–Trinajstić information content (AvgIpc) is 3.02. The molecule has 0 bridgehead atoms. The van der Waals surface area contributed by atoms with Gasteiger partial charge in [-0.1, -0.05) is 24.3 Å². The number of nitrogens with zero attached hydrogens (tertiary/aromatic N) is 1. The molecule has 1 atom stereocenters. The van der Waals surface area contributed by atoms with Crippen LogP contribution in [0.15, 0.2) is 24.3 Å². The molecule has 5 nitrogen and oxygen atoms in total. The van der Waals surface area contributed by atoms with E-state index in [0.717, 1.165) is 37.7 Å². The van der Waals surface area contributed by atoms with Crippen molar-refractivity contribution >= 4 is 12.2 Å². The normalized spacial score (nSPS) is 20.8. The Hall–Kier alpha value is -2.04. The number of ether oxygens (including phenoxy) is 1. The molecule has 1 N–H and O–H groups in total. The van der Waals surface area contributed by atoms with Gasteiger partial charge >= 0.3 is 12.2 Å². The van der Waals surface area contributed by atoms with Gasteiger partial charge in [-0.25, -0.2) is 9.59 Å². The lowest BCUT2D eigenvalue weighted by Gasteiger charge is -2.26. The van der Waals surface area contributed by atoms with Crippen LogP contribution in [0.1, 0.15) is 42.9 Å². The largest absolute Gasteiger partial charge is 0.418 e. The number of rotatable bonds is 1. The molecule has 0 unspecified atom stereocenters. The molecule has 1 heterocycles. The van der Waals surface area contributed by atoms with Gasteiger partial charge in [-0.05, 0) is 43.2 Å². The van der Waals surface area contributed by atoms with E-state index in [2.05, 4.69) is 11.4 Å². The van der Waals surface area contributed by atoms with Crippen molar-refractivity contribution in [3.05, 3.63) is 35.4 Å². The maximum atomic E-state index is 11.9. The first-order valence-electron chi connectivity index (χ1n) is 7.59. The van der Waals surface area contributed by atoms with Crippen LogP contribution < -0.4 is 5.32 Å². The summed E-state index contributed by atoms with van der Waals surface area (Å²) in [5, 5.41) is 2.82. The Morgan fingerprint density at radius 2 is 1.90 bits per heavy atom. The summed E-state index contributed by atoms with van der Waals surface area (Å²) >= 11 is 0. The third-order valence-corrected chi connectivity index (χ3v) is 4.21.